The molecule has 1 atom stereocenters. The first-order valence-electron chi connectivity index (χ1n) is 4.72. The molecule has 0 saturated carbocycles. The first-order valence-corrected chi connectivity index (χ1v) is 4.72. The molecule has 1 heterocycles. The Bertz CT molecular complexity index is 548. The van der Waals surface area contributed by atoms with E-state index in [2.05, 4.69) is 16.6 Å². The molecule has 0 radical (unpaired) electrons. The van der Waals surface area contributed by atoms with E-state index in [1.807, 2.05) is 0 Å². The predicted molar refractivity (Wildman–Crippen MR) is 57.9 cm³/mol. The topological polar surface area (TPSA) is 72.5 Å². The second kappa shape index (κ2) is 3.77. The van der Waals surface area contributed by atoms with Crippen molar-refractivity contribution < 1.29 is 9.53 Å². The summed E-state index contributed by atoms with van der Waals surface area (Å²) >= 11 is 0. The number of hydrogen-bond acceptors (Lipinski definition) is 5. The van der Waals surface area contributed by atoms with E-state index < -0.39 is 22.9 Å². The lowest BCUT2D eigenvalue weighted by atomic mass is 10.0. The van der Waals surface area contributed by atoms with E-state index in [9.17, 15) is 14.4 Å². The fourth-order valence-corrected chi connectivity index (χ4v) is 1.53. The van der Waals surface area contributed by atoms with E-state index in [0.29, 0.717) is 12.0 Å². The third-order valence-electron chi connectivity index (χ3n) is 2.37. The summed E-state index contributed by atoms with van der Waals surface area (Å²) in [5.41, 5.74) is -0.547. The van der Waals surface area contributed by atoms with Crippen LogP contribution < -0.4 is 16.2 Å². The Balaban J connectivity index is 2.22. The maximum absolute atomic E-state index is 11.3. The van der Waals surface area contributed by atoms with E-state index in [-0.39, 0.29) is 5.69 Å². The average Bonchev–Trinajstić information content (AvgIpc) is 2.69. The zero-order valence-corrected chi connectivity index (χ0v) is 8.36. The number of carbonyl (C=O) groups excluding carboxylic acids is 1. The van der Waals surface area contributed by atoms with E-state index in [1.165, 1.54) is 18.4 Å². The quantitative estimate of drug-likeness (QED) is 0.433. The second-order valence-corrected chi connectivity index (χ2v) is 3.39. The van der Waals surface area contributed by atoms with Crippen LogP contribution in [0.15, 0.2) is 34.6 Å². The third kappa shape index (κ3) is 1.46. The summed E-state index contributed by atoms with van der Waals surface area (Å²) in [5.74, 6) is -0.488. The smallest absolute Gasteiger partial charge is 0.337 e. The summed E-state index contributed by atoms with van der Waals surface area (Å²) in [6, 6.07) is -0.688. The highest BCUT2D eigenvalue weighted by molar-refractivity contribution is 5.84. The number of nitrogens with one attached hydrogen (secondary N) is 1. The van der Waals surface area contributed by atoms with Crippen molar-refractivity contribution in [3.63, 3.8) is 0 Å². The lowest BCUT2D eigenvalue weighted by Gasteiger charge is -2.14. The molecule has 0 fully saturated rings. The molecule has 0 unspecified atom stereocenters. The summed E-state index contributed by atoms with van der Waals surface area (Å²) in [6.07, 6.45) is 4.58. The van der Waals surface area contributed by atoms with Gasteiger partial charge in [-0.3, -0.25) is 9.59 Å². The minimum Gasteiger partial charge on any atom is -0.433 e. The Morgan fingerprint density at radius 2 is 2.12 bits per heavy atom. The lowest BCUT2D eigenvalue weighted by molar-refractivity contribution is -0.136. The molecule has 0 bridgehead atoms. The SMILES string of the molecule is C=CCc1c(N[C@@H]2C=COC2=O)c(=O)c1=O. The van der Waals surface area contributed by atoms with Crippen molar-refractivity contribution in [3.8, 4) is 0 Å². The summed E-state index contributed by atoms with van der Waals surface area (Å²) in [5, 5.41) is 2.68. The van der Waals surface area contributed by atoms with Crippen molar-refractivity contribution in [2.45, 2.75) is 12.5 Å². The van der Waals surface area contributed by atoms with Crippen molar-refractivity contribution in [2.75, 3.05) is 5.32 Å². The Morgan fingerprint density at radius 1 is 1.38 bits per heavy atom. The molecule has 82 valence electrons. The maximum Gasteiger partial charge on any atom is 0.337 e. The Morgan fingerprint density at radius 3 is 2.69 bits per heavy atom. The number of ether oxygens (including phenoxy) is 1. The average molecular weight is 219 g/mol. The molecule has 1 aliphatic rings. The summed E-state index contributed by atoms with van der Waals surface area (Å²) < 4.78 is 4.57. The summed E-state index contributed by atoms with van der Waals surface area (Å²) in [7, 11) is 0. The Hall–Kier alpha value is -2.17. The van der Waals surface area contributed by atoms with Gasteiger partial charge in [0.15, 0.2) is 0 Å². The lowest BCUT2D eigenvalue weighted by Crippen LogP contribution is -2.41. The van der Waals surface area contributed by atoms with Gasteiger partial charge in [-0.1, -0.05) is 6.08 Å². The van der Waals surface area contributed by atoms with Gasteiger partial charge in [-0.05, 0) is 12.5 Å². The molecule has 16 heavy (non-hydrogen) atoms. The van der Waals surface area contributed by atoms with Crippen LogP contribution in [0, 0.1) is 0 Å². The number of hydrogen-bond donors (Lipinski definition) is 1. The van der Waals surface area contributed by atoms with Gasteiger partial charge in [0.05, 0.1) is 11.9 Å². The van der Waals surface area contributed by atoms with Crippen LogP contribution in [-0.2, 0) is 16.0 Å². The number of esters is 1. The normalized spacial score (nSPS) is 18.8. The van der Waals surface area contributed by atoms with Crippen molar-refractivity contribution in [1.29, 1.82) is 0 Å². The number of carbonyl (C=O) groups is 1. The van der Waals surface area contributed by atoms with Crippen LogP contribution in [0.2, 0.25) is 0 Å². The highest BCUT2D eigenvalue weighted by Crippen LogP contribution is 2.14. The highest BCUT2D eigenvalue weighted by atomic mass is 16.5. The minimum atomic E-state index is -0.688. The van der Waals surface area contributed by atoms with Crippen molar-refractivity contribution in [2.24, 2.45) is 0 Å². The van der Waals surface area contributed by atoms with Gasteiger partial charge in [0.2, 0.25) is 10.9 Å². The highest BCUT2D eigenvalue weighted by Gasteiger charge is 2.27. The van der Waals surface area contributed by atoms with Gasteiger partial charge in [-0.2, -0.15) is 0 Å². The van der Waals surface area contributed by atoms with Gasteiger partial charge in [0.1, 0.15) is 6.04 Å². The van der Waals surface area contributed by atoms with E-state index in [4.69, 9.17) is 0 Å². The zero-order chi connectivity index (χ0) is 11.7. The number of rotatable bonds is 4. The first-order chi connectivity index (χ1) is 7.65. The zero-order valence-electron chi connectivity index (χ0n) is 8.36. The molecule has 5 heteroatoms. The molecule has 0 saturated heterocycles. The van der Waals surface area contributed by atoms with Crippen LogP contribution in [0.25, 0.3) is 0 Å². The molecule has 0 amide bonds. The van der Waals surface area contributed by atoms with Gasteiger partial charge in [-0.15, -0.1) is 6.58 Å². The second-order valence-electron chi connectivity index (χ2n) is 3.39. The molecule has 0 spiro atoms. The molecule has 0 aromatic heterocycles. The third-order valence-corrected chi connectivity index (χ3v) is 2.37. The van der Waals surface area contributed by atoms with Crippen LogP contribution in [-0.4, -0.2) is 12.0 Å². The molecule has 1 N–H and O–H groups in total. The first kappa shape index (κ1) is 10.4. The monoisotopic (exact) mass is 219 g/mol. The Kier molecular flexibility index (Phi) is 2.44. The summed E-state index contributed by atoms with van der Waals surface area (Å²) in [4.78, 5) is 33.6. The van der Waals surface area contributed by atoms with Gasteiger partial charge in [-0.25, -0.2) is 4.79 Å². The standard InChI is InChI=1S/C11H9NO4/c1-2-3-6-8(10(14)9(6)13)12-7-4-5-16-11(7)15/h2,4-5,7,12H,1,3H2/t7-/m1/s1. The molecule has 2 rings (SSSR count). The van der Waals surface area contributed by atoms with Crippen molar-refractivity contribution in [1.82, 2.24) is 0 Å². The molecule has 5 nitrogen and oxygen atoms in total. The van der Waals surface area contributed by atoms with E-state index in [1.54, 1.807) is 0 Å². The van der Waals surface area contributed by atoms with E-state index >= 15 is 0 Å². The van der Waals surface area contributed by atoms with Crippen molar-refractivity contribution >= 4 is 11.7 Å². The predicted octanol–water partition coefficient (Wildman–Crippen LogP) is -0.138. The van der Waals surface area contributed by atoms with Crippen LogP contribution in [0.3, 0.4) is 0 Å². The van der Waals surface area contributed by atoms with Crippen LogP contribution in [0.1, 0.15) is 5.56 Å². The Labute approximate surface area is 90.7 Å². The van der Waals surface area contributed by atoms with Gasteiger partial charge in [0, 0.05) is 5.56 Å². The largest absolute Gasteiger partial charge is 0.433 e. The van der Waals surface area contributed by atoms with E-state index in [0.717, 1.165) is 0 Å². The molecular formula is C11H9NO4. The van der Waals surface area contributed by atoms with Crippen LogP contribution in [0.4, 0.5) is 5.69 Å². The van der Waals surface area contributed by atoms with Crippen molar-refractivity contribution in [3.05, 3.63) is 51.0 Å². The molecule has 0 aliphatic carbocycles. The summed E-state index contributed by atoms with van der Waals surface area (Å²) in [6.45, 7) is 3.49. The molecular weight excluding hydrogens is 210 g/mol. The van der Waals surface area contributed by atoms with Crippen LogP contribution in [0.5, 0.6) is 0 Å². The maximum atomic E-state index is 11.3. The molecule has 1 aromatic carbocycles. The fraction of sp³-hybridized carbons (Fsp3) is 0.182. The van der Waals surface area contributed by atoms with Gasteiger partial charge >= 0.3 is 5.97 Å². The fourth-order valence-electron chi connectivity index (χ4n) is 1.53. The molecule has 1 aromatic rings. The number of cyclic esters (lactones) is 1. The van der Waals surface area contributed by atoms with Gasteiger partial charge < -0.3 is 10.1 Å². The number of allylic oxidation sites excluding steroid dienone is 1. The molecule has 1 aliphatic heterocycles. The van der Waals surface area contributed by atoms with Gasteiger partial charge in [0.25, 0.3) is 0 Å². The van der Waals surface area contributed by atoms with Crippen LogP contribution >= 0.6 is 0 Å². The minimum absolute atomic E-state index is 0.193. The number of anilines is 1.